The van der Waals surface area contributed by atoms with Crippen LogP contribution in [0.25, 0.3) is 0 Å². The van der Waals surface area contributed by atoms with Crippen LogP contribution in [0.3, 0.4) is 0 Å². The maximum absolute atomic E-state index is 6.08. The van der Waals surface area contributed by atoms with Gasteiger partial charge < -0.3 is 10.2 Å². The molecular weight excluding hydrogens is 369 g/mol. The number of hydrogen-bond donors (Lipinski definition) is 1. The maximum atomic E-state index is 6.08. The third-order valence-electron chi connectivity index (χ3n) is 2.11. The molecular formula is C11H9BrINO. The molecule has 2 N–H and O–H groups in total. The predicted molar refractivity (Wildman–Crippen MR) is 71.6 cm³/mol. The molecule has 0 aliphatic carbocycles. The van der Waals surface area contributed by atoms with E-state index in [9.17, 15) is 0 Å². The monoisotopic (exact) mass is 377 g/mol. The summed E-state index contributed by atoms with van der Waals surface area (Å²) in [4.78, 5) is 0. The molecule has 78 valence electrons. The summed E-state index contributed by atoms with van der Waals surface area (Å²) in [7, 11) is 0. The minimum absolute atomic E-state index is 0.203. The van der Waals surface area contributed by atoms with Gasteiger partial charge in [-0.15, -0.1) is 0 Å². The molecule has 2 rings (SSSR count). The van der Waals surface area contributed by atoms with Crippen LogP contribution in [-0.4, -0.2) is 0 Å². The van der Waals surface area contributed by atoms with Crippen molar-refractivity contribution in [3.8, 4) is 0 Å². The Morgan fingerprint density at radius 1 is 1.27 bits per heavy atom. The largest absolute Gasteiger partial charge is 0.452 e. The summed E-state index contributed by atoms with van der Waals surface area (Å²) >= 11 is 5.53. The van der Waals surface area contributed by atoms with Crippen molar-refractivity contribution in [2.24, 2.45) is 5.73 Å². The van der Waals surface area contributed by atoms with E-state index in [1.54, 1.807) is 0 Å². The molecule has 0 spiro atoms. The third kappa shape index (κ3) is 2.62. The van der Waals surface area contributed by atoms with Gasteiger partial charge in [-0.25, -0.2) is 0 Å². The number of rotatable bonds is 2. The van der Waals surface area contributed by atoms with E-state index in [-0.39, 0.29) is 6.04 Å². The highest BCUT2D eigenvalue weighted by molar-refractivity contribution is 14.1. The molecule has 2 aromatic rings. The Morgan fingerprint density at radius 2 is 2.07 bits per heavy atom. The van der Waals surface area contributed by atoms with E-state index in [2.05, 4.69) is 44.6 Å². The molecule has 1 aromatic heterocycles. The average molecular weight is 378 g/mol. The Hall–Kier alpha value is -0.330. The first-order valence-electron chi connectivity index (χ1n) is 4.43. The zero-order valence-electron chi connectivity index (χ0n) is 7.78. The van der Waals surface area contributed by atoms with Crippen molar-refractivity contribution in [3.05, 3.63) is 56.0 Å². The lowest BCUT2D eigenvalue weighted by Crippen LogP contribution is -2.10. The molecule has 4 heteroatoms. The maximum Gasteiger partial charge on any atom is 0.169 e. The first-order valence-corrected chi connectivity index (χ1v) is 6.30. The summed E-state index contributed by atoms with van der Waals surface area (Å²) in [6, 6.07) is 11.6. The molecule has 0 fully saturated rings. The van der Waals surface area contributed by atoms with E-state index in [1.807, 2.05) is 30.3 Å². The summed E-state index contributed by atoms with van der Waals surface area (Å²) in [5.74, 6) is 0.767. The van der Waals surface area contributed by atoms with Gasteiger partial charge in [0.1, 0.15) is 5.76 Å². The fraction of sp³-hybridized carbons (Fsp3) is 0.0909. The SMILES string of the molecule is NC(c1cccc(I)c1)c1ccc(Br)o1. The van der Waals surface area contributed by atoms with E-state index < -0.39 is 0 Å². The molecule has 1 atom stereocenters. The quantitative estimate of drug-likeness (QED) is 0.810. The molecule has 1 aromatic carbocycles. The highest BCUT2D eigenvalue weighted by Gasteiger charge is 2.12. The van der Waals surface area contributed by atoms with Crippen molar-refractivity contribution in [3.63, 3.8) is 0 Å². The molecule has 15 heavy (non-hydrogen) atoms. The van der Waals surface area contributed by atoms with Crippen LogP contribution in [-0.2, 0) is 0 Å². The molecule has 1 heterocycles. The molecule has 1 unspecified atom stereocenters. The predicted octanol–water partition coefficient (Wildman–Crippen LogP) is 3.69. The number of halogens is 2. The first-order chi connectivity index (χ1) is 7.16. The van der Waals surface area contributed by atoms with Crippen molar-refractivity contribution >= 4 is 38.5 Å². The van der Waals surface area contributed by atoms with Crippen LogP contribution in [0.5, 0.6) is 0 Å². The van der Waals surface area contributed by atoms with Crippen LogP contribution in [0.4, 0.5) is 0 Å². The van der Waals surface area contributed by atoms with E-state index in [0.29, 0.717) is 4.67 Å². The number of furan rings is 1. The standard InChI is InChI=1S/C11H9BrINO/c12-10-5-4-9(15-10)11(14)7-2-1-3-8(13)6-7/h1-6,11H,14H2. The van der Waals surface area contributed by atoms with Crippen LogP contribution in [0.2, 0.25) is 0 Å². The smallest absolute Gasteiger partial charge is 0.169 e. The fourth-order valence-electron chi connectivity index (χ4n) is 1.36. The van der Waals surface area contributed by atoms with Gasteiger partial charge in [0.15, 0.2) is 4.67 Å². The van der Waals surface area contributed by atoms with Crippen molar-refractivity contribution in [2.75, 3.05) is 0 Å². The summed E-state index contributed by atoms with van der Waals surface area (Å²) in [6.07, 6.45) is 0. The van der Waals surface area contributed by atoms with Crippen LogP contribution in [0, 0.1) is 3.57 Å². The molecule has 0 aliphatic rings. The van der Waals surface area contributed by atoms with Gasteiger partial charge in [-0.2, -0.15) is 0 Å². The van der Waals surface area contributed by atoms with Crippen molar-refractivity contribution in [2.45, 2.75) is 6.04 Å². The van der Waals surface area contributed by atoms with Gasteiger partial charge in [0.25, 0.3) is 0 Å². The van der Waals surface area contributed by atoms with Gasteiger partial charge in [0, 0.05) is 3.57 Å². The van der Waals surface area contributed by atoms with Gasteiger partial charge >= 0.3 is 0 Å². The van der Waals surface area contributed by atoms with E-state index in [4.69, 9.17) is 10.2 Å². The fourth-order valence-corrected chi connectivity index (χ4v) is 2.25. The minimum Gasteiger partial charge on any atom is -0.452 e. The summed E-state index contributed by atoms with van der Waals surface area (Å²) < 4.78 is 7.31. The lowest BCUT2D eigenvalue weighted by Gasteiger charge is -2.09. The zero-order chi connectivity index (χ0) is 10.8. The molecule has 0 saturated carbocycles. The highest BCUT2D eigenvalue weighted by atomic mass is 127. The van der Waals surface area contributed by atoms with Gasteiger partial charge in [-0.05, 0) is 68.3 Å². The van der Waals surface area contributed by atoms with Crippen LogP contribution < -0.4 is 5.73 Å². The second-order valence-corrected chi connectivity index (χ2v) is 5.20. The van der Waals surface area contributed by atoms with Crippen molar-refractivity contribution in [1.82, 2.24) is 0 Å². The Kier molecular flexibility index (Phi) is 3.48. The Labute approximate surface area is 110 Å². The average Bonchev–Trinajstić information content (AvgIpc) is 2.64. The molecule has 0 bridgehead atoms. The zero-order valence-corrected chi connectivity index (χ0v) is 11.5. The highest BCUT2D eigenvalue weighted by Crippen LogP contribution is 2.24. The Bertz CT molecular complexity index is 469. The van der Waals surface area contributed by atoms with E-state index in [1.165, 1.54) is 3.57 Å². The molecule has 0 amide bonds. The summed E-state index contributed by atoms with van der Waals surface area (Å²) in [5.41, 5.74) is 7.14. The number of hydrogen-bond acceptors (Lipinski definition) is 2. The topological polar surface area (TPSA) is 39.2 Å². The van der Waals surface area contributed by atoms with Crippen molar-refractivity contribution in [1.29, 1.82) is 0 Å². The second-order valence-electron chi connectivity index (χ2n) is 3.17. The molecule has 0 aliphatic heterocycles. The Balaban J connectivity index is 2.32. The summed E-state index contributed by atoms with van der Waals surface area (Å²) in [6.45, 7) is 0. The number of benzene rings is 1. The third-order valence-corrected chi connectivity index (χ3v) is 3.21. The normalized spacial score (nSPS) is 12.7. The van der Waals surface area contributed by atoms with Gasteiger partial charge in [0.2, 0.25) is 0 Å². The van der Waals surface area contributed by atoms with Gasteiger partial charge in [-0.1, -0.05) is 12.1 Å². The lowest BCUT2D eigenvalue weighted by molar-refractivity contribution is 0.470. The molecule has 0 radical (unpaired) electrons. The van der Waals surface area contributed by atoms with Crippen LogP contribution >= 0.6 is 38.5 Å². The van der Waals surface area contributed by atoms with E-state index in [0.717, 1.165) is 11.3 Å². The van der Waals surface area contributed by atoms with Crippen LogP contribution in [0.15, 0.2) is 45.5 Å². The first kappa shape index (κ1) is 11.2. The summed E-state index contributed by atoms with van der Waals surface area (Å²) in [5, 5.41) is 0. The van der Waals surface area contributed by atoms with Crippen LogP contribution in [0.1, 0.15) is 17.4 Å². The van der Waals surface area contributed by atoms with E-state index >= 15 is 0 Å². The Morgan fingerprint density at radius 3 is 2.67 bits per heavy atom. The lowest BCUT2D eigenvalue weighted by atomic mass is 10.1. The molecule has 2 nitrogen and oxygen atoms in total. The number of nitrogens with two attached hydrogens (primary N) is 1. The molecule has 0 saturated heterocycles. The van der Waals surface area contributed by atoms with Gasteiger partial charge in [0.05, 0.1) is 6.04 Å². The van der Waals surface area contributed by atoms with Crippen molar-refractivity contribution < 1.29 is 4.42 Å². The minimum atomic E-state index is -0.203. The van der Waals surface area contributed by atoms with Gasteiger partial charge in [-0.3, -0.25) is 0 Å². The second kappa shape index (κ2) is 4.67.